The van der Waals surface area contributed by atoms with Gasteiger partial charge in [-0.15, -0.1) is 5.10 Å². The zero-order valence-electron chi connectivity index (χ0n) is 14.6. The lowest BCUT2D eigenvalue weighted by atomic mass is 9.99. The summed E-state index contributed by atoms with van der Waals surface area (Å²) in [6.45, 7) is 3.30. The number of carbonyl (C=O) groups is 2. The predicted octanol–water partition coefficient (Wildman–Crippen LogP) is 1.83. The third-order valence-corrected chi connectivity index (χ3v) is 4.96. The number of carbonyl (C=O) groups excluding carboxylic acids is 2. The van der Waals surface area contributed by atoms with E-state index in [-0.39, 0.29) is 23.3 Å². The fraction of sp³-hybridized carbons (Fsp3) is 0.368. The molecule has 26 heavy (non-hydrogen) atoms. The molecule has 7 heteroatoms. The quantitative estimate of drug-likeness (QED) is 0.858. The van der Waals surface area contributed by atoms with Crippen molar-refractivity contribution in [2.45, 2.75) is 25.3 Å². The molecule has 0 radical (unpaired) electrons. The number of hydrogen-bond acceptors (Lipinski definition) is 5. The van der Waals surface area contributed by atoms with Gasteiger partial charge in [-0.3, -0.25) is 9.59 Å². The van der Waals surface area contributed by atoms with Crippen LogP contribution in [0.3, 0.4) is 0 Å². The molecular formula is C19H21N5O2. The number of amides is 2. The molecule has 2 fully saturated rings. The van der Waals surface area contributed by atoms with Gasteiger partial charge in [0.15, 0.2) is 5.82 Å². The molecule has 4 rings (SSSR count). The maximum atomic E-state index is 12.3. The van der Waals surface area contributed by atoms with Gasteiger partial charge in [-0.25, -0.2) is 0 Å². The first-order chi connectivity index (χ1) is 12.5. The molecule has 1 saturated heterocycles. The predicted molar refractivity (Wildman–Crippen MR) is 97.9 cm³/mol. The van der Waals surface area contributed by atoms with Crippen LogP contribution in [0.1, 0.15) is 30.1 Å². The Morgan fingerprint density at radius 3 is 2.50 bits per heavy atom. The highest BCUT2D eigenvalue weighted by Gasteiger charge is 2.38. The van der Waals surface area contributed by atoms with Crippen LogP contribution in [-0.2, 0) is 4.79 Å². The second kappa shape index (κ2) is 6.40. The smallest absolute Gasteiger partial charge is 0.251 e. The first kappa shape index (κ1) is 16.5. The third kappa shape index (κ3) is 3.51. The van der Waals surface area contributed by atoms with Crippen molar-refractivity contribution < 1.29 is 9.59 Å². The second-order valence-corrected chi connectivity index (χ2v) is 7.27. The summed E-state index contributed by atoms with van der Waals surface area (Å²) in [5, 5.41) is 13.8. The summed E-state index contributed by atoms with van der Waals surface area (Å²) in [7, 11) is 0. The van der Waals surface area contributed by atoms with Crippen LogP contribution in [0.5, 0.6) is 0 Å². The molecule has 1 aromatic carbocycles. The SMILES string of the molecule is CC1(NC(=O)c2ccc(NC(=O)C3CN(c4cccnn4)C3)cc2)CC1. The highest BCUT2D eigenvalue weighted by molar-refractivity contribution is 5.97. The normalized spacial score (nSPS) is 18.0. The van der Waals surface area contributed by atoms with E-state index >= 15 is 0 Å². The van der Waals surface area contributed by atoms with Gasteiger partial charge in [0.25, 0.3) is 5.91 Å². The minimum Gasteiger partial charge on any atom is -0.353 e. The van der Waals surface area contributed by atoms with Gasteiger partial charge in [-0.2, -0.15) is 5.10 Å². The average molecular weight is 351 g/mol. The first-order valence-corrected chi connectivity index (χ1v) is 8.79. The molecule has 1 aliphatic heterocycles. The Labute approximate surface area is 151 Å². The molecule has 0 unspecified atom stereocenters. The number of aromatic nitrogens is 2. The van der Waals surface area contributed by atoms with E-state index < -0.39 is 0 Å². The lowest BCUT2D eigenvalue weighted by molar-refractivity contribution is -0.120. The standard InChI is InChI=1S/C19H21N5O2/c1-19(8-9-19)22-18(26)13-4-6-15(7-5-13)21-17(25)14-11-24(12-14)16-3-2-10-20-23-16/h2-7,10,14H,8-9,11-12H2,1H3,(H,21,25)(H,22,26). The molecule has 2 aromatic rings. The van der Waals surface area contributed by atoms with E-state index in [1.54, 1.807) is 30.5 Å². The fourth-order valence-corrected chi connectivity index (χ4v) is 2.90. The lowest BCUT2D eigenvalue weighted by Gasteiger charge is -2.38. The number of nitrogens with one attached hydrogen (secondary N) is 2. The molecule has 2 aliphatic rings. The van der Waals surface area contributed by atoms with Crippen molar-refractivity contribution >= 4 is 23.3 Å². The third-order valence-electron chi connectivity index (χ3n) is 4.96. The van der Waals surface area contributed by atoms with Crippen molar-refractivity contribution in [1.29, 1.82) is 0 Å². The van der Waals surface area contributed by atoms with E-state index in [4.69, 9.17) is 0 Å². The fourth-order valence-electron chi connectivity index (χ4n) is 2.90. The highest BCUT2D eigenvalue weighted by Crippen LogP contribution is 2.34. The molecule has 0 atom stereocenters. The maximum absolute atomic E-state index is 12.3. The van der Waals surface area contributed by atoms with E-state index in [2.05, 4.69) is 20.8 Å². The lowest BCUT2D eigenvalue weighted by Crippen LogP contribution is -2.52. The zero-order chi connectivity index (χ0) is 18.1. The van der Waals surface area contributed by atoms with Crippen LogP contribution in [0.15, 0.2) is 42.6 Å². The molecule has 1 aromatic heterocycles. The van der Waals surface area contributed by atoms with Crippen molar-refractivity contribution in [3.63, 3.8) is 0 Å². The first-order valence-electron chi connectivity index (χ1n) is 8.79. The Kier molecular flexibility index (Phi) is 4.06. The Morgan fingerprint density at radius 1 is 1.15 bits per heavy atom. The summed E-state index contributed by atoms with van der Waals surface area (Å²) in [5.41, 5.74) is 1.26. The Morgan fingerprint density at radius 2 is 1.88 bits per heavy atom. The number of hydrogen-bond donors (Lipinski definition) is 2. The van der Waals surface area contributed by atoms with Crippen LogP contribution in [0.2, 0.25) is 0 Å². The minimum atomic E-state index is -0.0743. The summed E-state index contributed by atoms with van der Waals surface area (Å²) in [6, 6.07) is 10.7. The Balaban J connectivity index is 1.29. The van der Waals surface area contributed by atoms with Gasteiger partial charge >= 0.3 is 0 Å². The summed E-state index contributed by atoms with van der Waals surface area (Å²) >= 11 is 0. The van der Waals surface area contributed by atoms with Crippen LogP contribution >= 0.6 is 0 Å². The van der Waals surface area contributed by atoms with E-state index in [0.717, 1.165) is 18.7 Å². The van der Waals surface area contributed by atoms with Crippen molar-refractivity contribution in [2.24, 2.45) is 5.92 Å². The number of anilines is 2. The van der Waals surface area contributed by atoms with Crippen LogP contribution in [0, 0.1) is 5.92 Å². The van der Waals surface area contributed by atoms with E-state index in [1.165, 1.54) is 0 Å². The molecule has 0 bridgehead atoms. The number of nitrogens with zero attached hydrogens (tertiary/aromatic N) is 3. The second-order valence-electron chi connectivity index (χ2n) is 7.27. The van der Waals surface area contributed by atoms with E-state index in [9.17, 15) is 9.59 Å². The van der Waals surface area contributed by atoms with Gasteiger partial charge in [0.2, 0.25) is 5.91 Å². The van der Waals surface area contributed by atoms with Gasteiger partial charge in [-0.05, 0) is 56.2 Å². The number of benzene rings is 1. The van der Waals surface area contributed by atoms with Crippen molar-refractivity contribution in [3.8, 4) is 0 Å². The molecule has 0 spiro atoms. The molecule has 2 heterocycles. The number of rotatable bonds is 5. The van der Waals surface area contributed by atoms with Crippen LogP contribution in [-0.4, -0.2) is 40.6 Å². The Hall–Kier alpha value is -2.96. The topological polar surface area (TPSA) is 87.2 Å². The molecule has 134 valence electrons. The average Bonchev–Trinajstić information content (AvgIpc) is 3.32. The largest absolute Gasteiger partial charge is 0.353 e. The van der Waals surface area contributed by atoms with Gasteiger partial charge in [0, 0.05) is 36.1 Å². The van der Waals surface area contributed by atoms with Crippen molar-refractivity contribution in [2.75, 3.05) is 23.3 Å². The summed E-state index contributed by atoms with van der Waals surface area (Å²) in [6.07, 6.45) is 3.68. The molecule has 1 saturated carbocycles. The van der Waals surface area contributed by atoms with Crippen LogP contribution in [0.4, 0.5) is 11.5 Å². The maximum Gasteiger partial charge on any atom is 0.251 e. The summed E-state index contributed by atoms with van der Waals surface area (Å²) in [5.74, 6) is 0.625. The van der Waals surface area contributed by atoms with Crippen molar-refractivity contribution in [1.82, 2.24) is 15.5 Å². The molecule has 2 amide bonds. The molecule has 2 N–H and O–H groups in total. The van der Waals surface area contributed by atoms with E-state index in [0.29, 0.717) is 24.3 Å². The van der Waals surface area contributed by atoms with Crippen molar-refractivity contribution in [3.05, 3.63) is 48.2 Å². The van der Waals surface area contributed by atoms with Gasteiger partial charge in [0.05, 0.1) is 5.92 Å². The monoisotopic (exact) mass is 351 g/mol. The van der Waals surface area contributed by atoms with Gasteiger partial charge in [0.1, 0.15) is 0 Å². The van der Waals surface area contributed by atoms with Crippen LogP contribution in [0.25, 0.3) is 0 Å². The van der Waals surface area contributed by atoms with Crippen LogP contribution < -0.4 is 15.5 Å². The molecular weight excluding hydrogens is 330 g/mol. The molecule has 7 nitrogen and oxygen atoms in total. The van der Waals surface area contributed by atoms with E-state index in [1.807, 2.05) is 24.0 Å². The minimum absolute atomic E-state index is 0.0205. The molecule has 1 aliphatic carbocycles. The highest BCUT2D eigenvalue weighted by atomic mass is 16.2. The van der Waals surface area contributed by atoms with Gasteiger partial charge in [-0.1, -0.05) is 0 Å². The Bertz CT molecular complexity index is 812. The zero-order valence-corrected chi connectivity index (χ0v) is 14.6. The summed E-state index contributed by atoms with van der Waals surface area (Å²) < 4.78 is 0. The van der Waals surface area contributed by atoms with Gasteiger partial charge < -0.3 is 15.5 Å². The summed E-state index contributed by atoms with van der Waals surface area (Å²) in [4.78, 5) is 26.5.